The van der Waals surface area contributed by atoms with Gasteiger partial charge in [0.25, 0.3) is 5.91 Å². The predicted octanol–water partition coefficient (Wildman–Crippen LogP) is 2.23. The van der Waals surface area contributed by atoms with Crippen molar-refractivity contribution in [3.8, 4) is 0 Å². The van der Waals surface area contributed by atoms with E-state index in [9.17, 15) is 9.59 Å². The van der Waals surface area contributed by atoms with Crippen LogP contribution in [-0.2, 0) is 24.2 Å². The van der Waals surface area contributed by atoms with Crippen LogP contribution in [0.25, 0.3) is 10.9 Å². The van der Waals surface area contributed by atoms with Gasteiger partial charge in [0.15, 0.2) is 0 Å². The van der Waals surface area contributed by atoms with Crippen LogP contribution >= 0.6 is 0 Å². The number of hydrogen-bond donors (Lipinski definition) is 3. The highest BCUT2D eigenvalue weighted by atomic mass is 16.2. The van der Waals surface area contributed by atoms with Gasteiger partial charge in [0.2, 0.25) is 5.91 Å². The molecule has 1 atom stereocenters. The van der Waals surface area contributed by atoms with Gasteiger partial charge in [0.1, 0.15) is 6.54 Å². The first kappa shape index (κ1) is 16.4. The Kier molecular flexibility index (Phi) is 3.99. The van der Waals surface area contributed by atoms with Crippen molar-refractivity contribution >= 4 is 28.4 Å². The highest BCUT2D eigenvalue weighted by Gasteiger charge is 2.22. The lowest BCUT2D eigenvalue weighted by Crippen LogP contribution is -2.18. The lowest BCUT2D eigenvalue weighted by atomic mass is 9.87. The van der Waals surface area contributed by atoms with Gasteiger partial charge in [0, 0.05) is 17.3 Å². The number of aromatic nitrogens is 3. The summed E-state index contributed by atoms with van der Waals surface area (Å²) in [7, 11) is 0. The van der Waals surface area contributed by atoms with E-state index in [4.69, 9.17) is 5.73 Å². The summed E-state index contributed by atoms with van der Waals surface area (Å²) in [5.41, 5.74) is 9.75. The van der Waals surface area contributed by atoms with Gasteiger partial charge in [-0.3, -0.25) is 14.3 Å². The maximum Gasteiger partial charge on any atom is 0.257 e. The first-order chi connectivity index (χ1) is 12.5. The normalized spacial score (nSPS) is 16.4. The van der Waals surface area contributed by atoms with Crippen molar-refractivity contribution in [2.24, 2.45) is 11.7 Å². The summed E-state index contributed by atoms with van der Waals surface area (Å²) in [4.78, 5) is 27.2. The smallest absolute Gasteiger partial charge is 0.257 e. The van der Waals surface area contributed by atoms with Crippen LogP contribution in [0.5, 0.6) is 0 Å². The number of hydrogen-bond acceptors (Lipinski definition) is 3. The lowest BCUT2D eigenvalue weighted by molar-refractivity contribution is -0.118. The van der Waals surface area contributed by atoms with E-state index >= 15 is 0 Å². The molecule has 7 nitrogen and oxygen atoms in total. The number of fused-ring (bicyclic) bond motifs is 3. The van der Waals surface area contributed by atoms with Crippen LogP contribution in [0.15, 0.2) is 30.6 Å². The topological polar surface area (TPSA) is 106 Å². The zero-order valence-electron chi connectivity index (χ0n) is 14.6. The van der Waals surface area contributed by atoms with Crippen molar-refractivity contribution in [3.05, 3.63) is 47.4 Å². The molecule has 1 unspecified atom stereocenters. The number of para-hydroxylation sites is 1. The third kappa shape index (κ3) is 2.96. The monoisotopic (exact) mass is 351 g/mol. The van der Waals surface area contributed by atoms with E-state index in [-0.39, 0.29) is 12.5 Å². The number of nitrogens with two attached hydrogens (primary N) is 1. The largest absolute Gasteiger partial charge is 0.368 e. The van der Waals surface area contributed by atoms with Gasteiger partial charge in [-0.1, -0.05) is 19.1 Å². The second kappa shape index (κ2) is 6.33. The van der Waals surface area contributed by atoms with Crippen molar-refractivity contribution in [2.75, 3.05) is 5.32 Å². The summed E-state index contributed by atoms with van der Waals surface area (Å²) >= 11 is 0. The SMILES string of the molecule is CC1CCc2[nH]c3c(C(=O)Nc4cnn(CC(N)=O)c4)cccc3c2C1. The molecule has 4 N–H and O–H groups in total. The molecule has 0 bridgehead atoms. The van der Waals surface area contributed by atoms with Crippen LogP contribution in [0.3, 0.4) is 0 Å². The number of nitrogens with one attached hydrogen (secondary N) is 2. The van der Waals surface area contributed by atoms with Crippen molar-refractivity contribution in [2.45, 2.75) is 32.7 Å². The minimum Gasteiger partial charge on any atom is -0.368 e. The molecule has 0 radical (unpaired) electrons. The molecule has 2 heterocycles. The van der Waals surface area contributed by atoms with Gasteiger partial charge in [-0.25, -0.2) is 0 Å². The molecular weight excluding hydrogens is 330 g/mol. The number of H-pyrrole nitrogens is 1. The summed E-state index contributed by atoms with van der Waals surface area (Å²) in [5, 5.41) is 7.99. The third-order valence-corrected chi connectivity index (χ3v) is 4.92. The summed E-state index contributed by atoms with van der Waals surface area (Å²) in [6, 6.07) is 5.81. The fraction of sp³-hybridized carbons (Fsp3) is 0.316. The fourth-order valence-electron chi connectivity index (χ4n) is 3.68. The fourth-order valence-corrected chi connectivity index (χ4v) is 3.68. The van der Waals surface area contributed by atoms with Crippen LogP contribution in [0.2, 0.25) is 0 Å². The number of anilines is 1. The molecule has 0 spiro atoms. The summed E-state index contributed by atoms with van der Waals surface area (Å²) in [5.74, 6) is -0.0297. The Morgan fingerprint density at radius 1 is 1.42 bits per heavy atom. The zero-order chi connectivity index (χ0) is 18.3. The molecule has 1 aromatic carbocycles. The molecule has 0 aliphatic heterocycles. The van der Waals surface area contributed by atoms with Crippen molar-refractivity contribution in [3.63, 3.8) is 0 Å². The number of rotatable bonds is 4. The minimum absolute atomic E-state index is 0.0208. The van der Waals surface area contributed by atoms with Crippen LogP contribution < -0.4 is 11.1 Å². The molecule has 0 saturated carbocycles. The lowest BCUT2D eigenvalue weighted by Gasteiger charge is -2.17. The van der Waals surface area contributed by atoms with Gasteiger partial charge in [-0.15, -0.1) is 0 Å². The van der Waals surface area contributed by atoms with E-state index in [0.717, 1.165) is 23.7 Å². The number of carbonyl (C=O) groups is 2. The maximum atomic E-state index is 12.8. The Hall–Kier alpha value is -3.09. The molecular formula is C19H21N5O2. The average Bonchev–Trinajstić information content (AvgIpc) is 3.18. The zero-order valence-corrected chi connectivity index (χ0v) is 14.6. The molecule has 2 aromatic heterocycles. The minimum atomic E-state index is -0.484. The van der Waals surface area contributed by atoms with Gasteiger partial charge in [0.05, 0.1) is 23.0 Å². The maximum absolute atomic E-state index is 12.8. The van der Waals surface area contributed by atoms with E-state index in [0.29, 0.717) is 17.2 Å². The van der Waals surface area contributed by atoms with Crippen molar-refractivity contribution < 1.29 is 9.59 Å². The molecule has 2 amide bonds. The van der Waals surface area contributed by atoms with E-state index in [1.807, 2.05) is 12.1 Å². The number of aryl methyl sites for hydroxylation is 1. The molecule has 1 aliphatic carbocycles. The standard InChI is InChI=1S/C19H21N5O2/c1-11-5-6-16-15(7-11)13-3-2-4-14(18(13)23-16)19(26)22-12-8-21-24(9-12)10-17(20)25/h2-4,8-9,11,23H,5-7,10H2,1H3,(H2,20,25)(H,22,26). The Labute approximate surface area is 150 Å². The Balaban J connectivity index is 1.63. The summed E-state index contributed by atoms with van der Waals surface area (Å²) < 4.78 is 1.40. The van der Waals surface area contributed by atoms with E-state index in [1.54, 1.807) is 6.20 Å². The molecule has 1 aliphatic rings. The molecule has 0 saturated heterocycles. The Morgan fingerprint density at radius 2 is 2.27 bits per heavy atom. The predicted molar refractivity (Wildman–Crippen MR) is 98.9 cm³/mol. The third-order valence-electron chi connectivity index (χ3n) is 4.92. The molecule has 4 rings (SSSR count). The first-order valence-corrected chi connectivity index (χ1v) is 8.76. The van der Waals surface area contributed by atoms with Crippen LogP contribution in [0.4, 0.5) is 5.69 Å². The highest BCUT2D eigenvalue weighted by Crippen LogP contribution is 2.33. The average molecular weight is 351 g/mol. The molecule has 134 valence electrons. The molecule has 0 fully saturated rings. The summed E-state index contributed by atoms with van der Waals surface area (Å²) in [6.45, 7) is 2.25. The van der Waals surface area contributed by atoms with Gasteiger partial charge < -0.3 is 16.0 Å². The number of amides is 2. The Morgan fingerprint density at radius 3 is 3.08 bits per heavy atom. The number of benzene rings is 1. The van der Waals surface area contributed by atoms with Gasteiger partial charge in [-0.05, 0) is 36.8 Å². The van der Waals surface area contributed by atoms with Crippen molar-refractivity contribution in [1.82, 2.24) is 14.8 Å². The highest BCUT2D eigenvalue weighted by molar-refractivity contribution is 6.12. The van der Waals surface area contributed by atoms with E-state index in [2.05, 4.69) is 28.4 Å². The van der Waals surface area contributed by atoms with Crippen molar-refractivity contribution in [1.29, 1.82) is 0 Å². The van der Waals surface area contributed by atoms with Gasteiger partial charge in [-0.2, -0.15) is 5.10 Å². The second-order valence-electron chi connectivity index (χ2n) is 7.01. The van der Waals surface area contributed by atoms with Crippen LogP contribution in [0, 0.1) is 5.92 Å². The second-order valence-corrected chi connectivity index (χ2v) is 7.01. The number of carbonyl (C=O) groups excluding carboxylic acids is 2. The van der Waals surface area contributed by atoms with E-state index in [1.165, 1.54) is 28.6 Å². The molecule has 26 heavy (non-hydrogen) atoms. The number of primary amides is 1. The molecule has 7 heteroatoms. The quantitative estimate of drug-likeness (QED) is 0.671. The first-order valence-electron chi connectivity index (χ1n) is 8.76. The number of nitrogens with zero attached hydrogens (tertiary/aromatic N) is 2. The Bertz CT molecular complexity index is 1000. The van der Waals surface area contributed by atoms with Crippen LogP contribution in [0.1, 0.15) is 35.0 Å². The summed E-state index contributed by atoms with van der Waals surface area (Å²) in [6.07, 6.45) is 6.32. The van der Waals surface area contributed by atoms with Crippen LogP contribution in [-0.4, -0.2) is 26.6 Å². The van der Waals surface area contributed by atoms with Gasteiger partial charge >= 0.3 is 0 Å². The molecule has 3 aromatic rings. The van der Waals surface area contributed by atoms with E-state index < -0.39 is 5.91 Å². The number of aromatic amines is 1.